The fourth-order valence-electron chi connectivity index (χ4n) is 3.99. The van der Waals surface area contributed by atoms with E-state index in [2.05, 4.69) is 33.9 Å². The third-order valence-corrected chi connectivity index (χ3v) is 5.87. The van der Waals surface area contributed by atoms with Crippen molar-refractivity contribution in [2.24, 2.45) is 0 Å². The van der Waals surface area contributed by atoms with Gasteiger partial charge in [0.15, 0.2) is 0 Å². The number of hydrogen-bond acceptors (Lipinski definition) is 4. The van der Waals surface area contributed by atoms with Gasteiger partial charge in [-0.2, -0.15) is 0 Å². The minimum atomic E-state index is -0.349. The number of aliphatic hydroxyl groups is 1. The number of rotatable bonds is 9. The number of hydrogen-bond donors (Lipinski definition) is 1. The highest BCUT2D eigenvalue weighted by molar-refractivity contribution is 6.31. The summed E-state index contributed by atoms with van der Waals surface area (Å²) in [6.07, 6.45) is 6.96. The molecule has 0 spiro atoms. The number of aliphatic hydroxyl groups excluding tert-OH is 1. The lowest BCUT2D eigenvalue weighted by Crippen LogP contribution is -2.31. The second-order valence-corrected chi connectivity index (χ2v) is 7.73. The van der Waals surface area contributed by atoms with Gasteiger partial charge in [-0.1, -0.05) is 48.0 Å². The highest BCUT2D eigenvalue weighted by atomic mass is 35.5. The van der Waals surface area contributed by atoms with E-state index >= 15 is 0 Å². The Labute approximate surface area is 177 Å². The van der Waals surface area contributed by atoms with E-state index in [0.717, 1.165) is 54.9 Å². The van der Waals surface area contributed by atoms with Crippen molar-refractivity contribution in [3.05, 3.63) is 75.8 Å². The highest BCUT2D eigenvalue weighted by Crippen LogP contribution is 2.36. The molecule has 0 aliphatic heterocycles. The number of carbonyl (C=O) groups is 1. The van der Waals surface area contributed by atoms with Crippen LogP contribution in [-0.2, 0) is 22.4 Å². The summed E-state index contributed by atoms with van der Waals surface area (Å²) in [6.45, 7) is 1.95. The molecule has 5 heteroatoms. The molecule has 0 aromatic heterocycles. The number of carbonyl (C=O) groups excluding carboxylic acids is 1. The third-order valence-electron chi connectivity index (χ3n) is 5.50. The van der Waals surface area contributed by atoms with Gasteiger partial charge in [0.05, 0.1) is 7.11 Å². The molecule has 1 aliphatic carbocycles. The van der Waals surface area contributed by atoms with Crippen molar-refractivity contribution >= 4 is 23.6 Å². The van der Waals surface area contributed by atoms with E-state index in [1.807, 2.05) is 18.2 Å². The molecule has 29 heavy (non-hydrogen) atoms. The van der Waals surface area contributed by atoms with Gasteiger partial charge in [0.25, 0.3) is 0 Å². The lowest BCUT2D eigenvalue weighted by atomic mass is 10.0. The normalized spacial score (nSPS) is 15.8. The first kappa shape index (κ1) is 21.6. The van der Waals surface area contributed by atoms with Gasteiger partial charge in [0.1, 0.15) is 0 Å². The van der Waals surface area contributed by atoms with Crippen LogP contribution in [0.5, 0.6) is 0 Å². The van der Waals surface area contributed by atoms with Crippen LogP contribution in [0.4, 0.5) is 0 Å². The molecule has 2 aromatic carbocycles. The summed E-state index contributed by atoms with van der Waals surface area (Å²) in [7, 11) is 1.38. The van der Waals surface area contributed by atoms with Crippen molar-refractivity contribution in [2.75, 3.05) is 26.8 Å². The molecule has 1 unspecified atom stereocenters. The molecule has 1 aliphatic rings. The third kappa shape index (κ3) is 5.69. The van der Waals surface area contributed by atoms with Crippen LogP contribution in [0, 0.1) is 0 Å². The molecule has 0 heterocycles. The fraction of sp³-hybridized carbons (Fsp3) is 0.375. The summed E-state index contributed by atoms with van der Waals surface area (Å²) in [5.41, 5.74) is 4.84. The minimum absolute atomic E-state index is 0.194. The Balaban J connectivity index is 1.74. The molecular formula is C24H28ClNO3. The number of aryl methyl sites for hydroxylation is 1. The summed E-state index contributed by atoms with van der Waals surface area (Å²) >= 11 is 6.33. The monoisotopic (exact) mass is 413 g/mol. The first-order valence-corrected chi connectivity index (χ1v) is 10.5. The summed E-state index contributed by atoms with van der Waals surface area (Å²) in [6, 6.07) is 14.7. The standard InChI is InChI=1S/C24H28ClNO3/c1-29-24(28)12-8-18-7-10-21-20(17-18)9-11-23(21)26(14-4-16-27)15-13-19-5-2-3-6-22(19)25/h2-3,5-8,10,12,17,23,27H,4,9,11,13-16H2,1H3/b12-8+. The van der Waals surface area contributed by atoms with Crippen molar-refractivity contribution in [1.82, 2.24) is 4.90 Å². The zero-order valence-corrected chi connectivity index (χ0v) is 17.6. The topological polar surface area (TPSA) is 49.8 Å². The molecule has 0 amide bonds. The van der Waals surface area contributed by atoms with Gasteiger partial charge in [-0.3, -0.25) is 4.90 Å². The van der Waals surface area contributed by atoms with Crippen molar-refractivity contribution < 1.29 is 14.6 Å². The zero-order valence-electron chi connectivity index (χ0n) is 16.8. The van der Waals surface area contributed by atoms with Crippen molar-refractivity contribution in [3.8, 4) is 0 Å². The van der Waals surface area contributed by atoms with Crippen molar-refractivity contribution in [2.45, 2.75) is 31.7 Å². The van der Waals surface area contributed by atoms with E-state index < -0.39 is 0 Å². The summed E-state index contributed by atoms with van der Waals surface area (Å²) in [5, 5.41) is 10.2. The average Bonchev–Trinajstić information content (AvgIpc) is 3.16. The summed E-state index contributed by atoms with van der Waals surface area (Å²) in [4.78, 5) is 13.8. The van der Waals surface area contributed by atoms with Gasteiger partial charge >= 0.3 is 5.97 Å². The zero-order chi connectivity index (χ0) is 20.6. The molecule has 0 saturated heterocycles. The van der Waals surface area contributed by atoms with Gasteiger partial charge in [-0.05, 0) is 60.1 Å². The van der Waals surface area contributed by atoms with E-state index in [4.69, 9.17) is 11.6 Å². The van der Waals surface area contributed by atoms with Gasteiger partial charge in [-0.25, -0.2) is 4.79 Å². The van der Waals surface area contributed by atoms with E-state index in [-0.39, 0.29) is 12.6 Å². The molecular weight excluding hydrogens is 386 g/mol. The van der Waals surface area contributed by atoms with Crippen LogP contribution in [0.15, 0.2) is 48.5 Å². The Kier molecular flexibility index (Phi) is 7.87. The number of benzene rings is 2. The van der Waals surface area contributed by atoms with Crippen LogP contribution in [-0.4, -0.2) is 42.8 Å². The Bertz CT molecular complexity index is 865. The van der Waals surface area contributed by atoms with Crippen LogP contribution in [0.1, 0.15) is 41.1 Å². The largest absolute Gasteiger partial charge is 0.466 e. The van der Waals surface area contributed by atoms with E-state index in [0.29, 0.717) is 6.04 Å². The summed E-state index contributed by atoms with van der Waals surface area (Å²) in [5.74, 6) is -0.349. The molecule has 0 saturated carbocycles. The summed E-state index contributed by atoms with van der Waals surface area (Å²) < 4.78 is 4.66. The lowest BCUT2D eigenvalue weighted by Gasteiger charge is -2.30. The van der Waals surface area contributed by atoms with E-state index in [1.165, 1.54) is 24.3 Å². The van der Waals surface area contributed by atoms with Crippen LogP contribution in [0.25, 0.3) is 6.08 Å². The van der Waals surface area contributed by atoms with Crippen LogP contribution < -0.4 is 0 Å². The maximum atomic E-state index is 11.3. The number of halogens is 1. The number of ether oxygens (including phenoxy) is 1. The molecule has 1 N–H and O–H groups in total. The molecule has 154 valence electrons. The Morgan fingerprint density at radius 1 is 1.28 bits per heavy atom. The van der Waals surface area contributed by atoms with Gasteiger partial charge in [0.2, 0.25) is 0 Å². The van der Waals surface area contributed by atoms with Crippen molar-refractivity contribution in [3.63, 3.8) is 0 Å². The lowest BCUT2D eigenvalue weighted by molar-refractivity contribution is -0.134. The van der Waals surface area contributed by atoms with Crippen LogP contribution in [0.2, 0.25) is 5.02 Å². The number of esters is 1. The molecule has 0 fully saturated rings. The Morgan fingerprint density at radius 2 is 2.10 bits per heavy atom. The highest BCUT2D eigenvalue weighted by Gasteiger charge is 2.27. The van der Waals surface area contributed by atoms with Crippen molar-refractivity contribution in [1.29, 1.82) is 0 Å². The Hall–Kier alpha value is -2.14. The molecule has 2 aromatic rings. The minimum Gasteiger partial charge on any atom is -0.466 e. The van der Waals surface area contributed by atoms with Crippen LogP contribution in [0.3, 0.4) is 0 Å². The maximum absolute atomic E-state index is 11.3. The molecule has 0 radical (unpaired) electrons. The first-order valence-electron chi connectivity index (χ1n) is 10.1. The maximum Gasteiger partial charge on any atom is 0.330 e. The van der Waals surface area contributed by atoms with Crippen LogP contribution >= 0.6 is 11.6 Å². The number of methoxy groups -OCH3 is 1. The van der Waals surface area contributed by atoms with Gasteiger partial charge in [-0.15, -0.1) is 0 Å². The quantitative estimate of drug-likeness (QED) is 0.487. The predicted molar refractivity (Wildman–Crippen MR) is 117 cm³/mol. The molecule has 1 atom stereocenters. The average molecular weight is 414 g/mol. The molecule has 0 bridgehead atoms. The number of fused-ring (bicyclic) bond motifs is 1. The molecule has 4 nitrogen and oxygen atoms in total. The smallest absolute Gasteiger partial charge is 0.330 e. The van der Waals surface area contributed by atoms with E-state index in [1.54, 1.807) is 6.08 Å². The Morgan fingerprint density at radius 3 is 2.86 bits per heavy atom. The first-order chi connectivity index (χ1) is 14.1. The van der Waals surface area contributed by atoms with Gasteiger partial charge in [0, 0.05) is 36.8 Å². The fourth-order valence-corrected chi connectivity index (χ4v) is 4.22. The predicted octanol–water partition coefficient (Wildman–Crippen LogP) is 4.44. The number of nitrogens with zero attached hydrogens (tertiary/aromatic N) is 1. The molecule has 3 rings (SSSR count). The second kappa shape index (κ2) is 10.6. The van der Waals surface area contributed by atoms with Gasteiger partial charge < -0.3 is 9.84 Å². The second-order valence-electron chi connectivity index (χ2n) is 7.32. The SMILES string of the molecule is COC(=O)/C=C/c1ccc2c(c1)CCC2N(CCCO)CCc1ccccc1Cl. The van der Waals surface area contributed by atoms with E-state index in [9.17, 15) is 9.90 Å².